The van der Waals surface area contributed by atoms with Gasteiger partial charge in [-0.3, -0.25) is 4.72 Å². The summed E-state index contributed by atoms with van der Waals surface area (Å²) in [6.45, 7) is 0. The van der Waals surface area contributed by atoms with E-state index >= 15 is 0 Å². The van der Waals surface area contributed by atoms with Crippen molar-refractivity contribution in [2.45, 2.75) is 36.2 Å². The Kier molecular flexibility index (Phi) is 6.26. The first-order valence-electron chi connectivity index (χ1n) is 11.3. The second-order valence-electron chi connectivity index (χ2n) is 8.58. The van der Waals surface area contributed by atoms with Crippen LogP contribution in [-0.2, 0) is 10.0 Å². The smallest absolute Gasteiger partial charge is 0.264 e. The lowest BCUT2D eigenvalue weighted by Gasteiger charge is -2.13. The molecule has 9 nitrogen and oxygen atoms in total. The minimum absolute atomic E-state index is 0.0603. The van der Waals surface area contributed by atoms with Gasteiger partial charge in [0.25, 0.3) is 10.0 Å². The van der Waals surface area contributed by atoms with Crippen LogP contribution in [0.5, 0.6) is 5.88 Å². The maximum Gasteiger partial charge on any atom is 0.264 e. The fraction of sp³-hybridized carbons (Fsp3) is 0.240. The van der Waals surface area contributed by atoms with Crippen LogP contribution in [0, 0.1) is 23.5 Å². The number of nitrogens with one attached hydrogen (secondary N) is 1. The molecule has 0 saturated heterocycles. The van der Waals surface area contributed by atoms with E-state index in [4.69, 9.17) is 4.74 Å². The molecule has 1 fully saturated rings. The highest BCUT2D eigenvalue weighted by Crippen LogP contribution is 2.31. The highest BCUT2D eigenvalue weighted by Gasteiger charge is 2.28. The van der Waals surface area contributed by atoms with E-state index in [1.54, 1.807) is 18.3 Å². The first-order chi connectivity index (χ1) is 17.7. The average molecular weight is 526 g/mol. The van der Waals surface area contributed by atoms with Gasteiger partial charge >= 0.3 is 0 Å². The first-order valence-corrected chi connectivity index (χ1v) is 12.8. The zero-order valence-electron chi connectivity index (χ0n) is 19.6. The van der Waals surface area contributed by atoms with Crippen molar-refractivity contribution in [3.8, 4) is 29.0 Å². The number of ether oxygens (including phenoxy) is 1. The summed E-state index contributed by atoms with van der Waals surface area (Å²) < 4.78 is 62.0. The highest BCUT2D eigenvalue weighted by molar-refractivity contribution is 7.92. The van der Waals surface area contributed by atoms with Crippen molar-refractivity contribution in [1.82, 2.24) is 19.6 Å². The SMILES string of the molecule is COc1ncc(-c2ccc3ncc(C#CC4(O)CCCC4)n3n2)cc1NS(=O)(=O)c1ccc(F)cc1F. The van der Waals surface area contributed by atoms with Gasteiger partial charge in [-0.2, -0.15) is 5.10 Å². The van der Waals surface area contributed by atoms with Gasteiger partial charge in [0.05, 0.1) is 19.0 Å². The Balaban J connectivity index is 1.51. The molecule has 37 heavy (non-hydrogen) atoms. The van der Waals surface area contributed by atoms with E-state index in [9.17, 15) is 22.3 Å². The number of sulfonamides is 1. The normalized spacial score (nSPS) is 14.8. The molecule has 1 aromatic carbocycles. The number of nitrogens with zero attached hydrogens (tertiary/aromatic N) is 4. The Morgan fingerprint density at radius 1 is 1.11 bits per heavy atom. The standard InChI is InChI=1S/C25H21F2N5O4S/c1-36-24-21(31-37(34,35)22-6-4-17(26)13-19(22)27)12-16(14-29-24)20-5-7-23-28-15-18(32(23)30-20)8-11-25(33)9-2-3-10-25/h4-7,12-15,31,33H,2-3,9-10H2,1H3. The van der Waals surface area contributed by atoms with Crippen LogP contribution in [0.3, 0.4) is 0 Å². The van der Waals surface area contributed by atoms with Gasteiger partial charge in [-0.1, -0.05) is 5.92 Å². The number of anilines is 1. The quantitative estimate of drug-likeness (QED) is 0.383. The Bertz CT molecular complexity index is 1670. The molecule has 12 heteroatoms. The maximum atomic E-state index is 14.2. The number of methoxy groups -OCH3 is 1. The molecule has 4 aromatic rings. The van der Waals surface area contributed by atoms with Gasteiger partial charge in [0.1, 0.15) is 33.5 Å². The zero-order chi connectivity index (χ0) is 26.2. The lowest BCUT2D eigenvalue weighted by molar-refractivity contribution is 0.110. The molecule has 0 bridgehead atoms. The fourth-order valence-electron chi connectivity index (χ4n) is 4.10. The van der Waals surface area contributed by atoms with E-state index in [0.717, 1.165) is 25.0 Å². The number of pyridine rings is 1. The Morgan fingerprint density at radius 3 is 2.62 bits per heavy atom. The summed E-state index contributed by atoms with van der Waals surface area (Å²) in [6.07, 6.45) is 6.07. The van der Waals surface area contributed by atoms with Crippen LogP contribution in [0.25, 0.3) is 16.9 Å². The zero-order valence-corrected chi connectivity index (χ0v) is 20.4. The van der Waals surface area contributed by atoms with Gasteiger partial charge < -0.3 is 9.84 Å². The van der Waals surface area contributed by atoms with Crippen molar-refractivity contribution < 1.29 is 27.0 Å². The molecule has 1 saturated carbocycles. The molecule has 0 radical (unpaired) electrons. The molecule has 5 rings (SSSR count). The lowest BCUT2D eigenvalue weighted by atomic mass is 10.0. The molecule has 0 aliphatic heterocycles. The van der Waals surface area contributed by atoms with Crippen LogP contribution in [0.2, 0.25) is 0 Å². The van der Waals surface area contributed by atoms with Crippen molar-refractivity contribution in [2.75, 3.05) is 11.8 Å². The third-order valence-corrected chi connectivity index (χ3v) is 7.38. The summed E-state index contributed by atoms with van der Waals surface area (Å²) in [4.78, 5) is 7.71. The molecule has 0 unspecified atom stereocenters. The average Bonchev–Trinajstić information content (AvgIpc) is 3.48. The van der Waals surface area contributed by atoms with Gasteiger partial charge in [0, 0.05) is 17.8 Å². The van der Waals surface area contributed by atoms with Crippen LogP contribution in [0.15, 0.2) is 53.7 Å². The van der Waals surface area contributed by atoms with Gasteiger partial charge in [-0.05, 0) is 61.9 Å². The number of benzene rings is 1. The van der Waals surface area contributed by atoms with Crippen LogP contribution in [0.1, 0.15) is 31.4 Å². The molecular weight excluding hydrogens is 504 g/mol. The number of hydrogen-bond acceptors (Lipinski definition) is 7. The summed E-state index contributed by atoms with van der Waals surface area (Å²) in [7, 11) is -3.13. The Morgan fingerprint density at radius 2 is 1.89 bits per heavy atom. The van der Waals surface area contributed by atoms with Crippen molar-refractivity contribution in [2.24, 2.45) is 0 Å². The van der Waals surface area contributed by atoms with E-state index in [0.29, 0.717) is 41.5 Å². The third-order valence-electron chi connectivity index (χ3n) is 5.98. The summed E-state index contributed by atoms with van der Waals surface area (Å²) >= 11 is 0. The molecular formula is C25H21F2N5O4S. The van der Waals surface area contributed by atoms with Gasteiger partial charge in [-0.25, -0.2) is 31.7 Å². The molecule has 0 amide bonds. The number of rotatable bonds is 5. The Hall–Kier alpha value is -4.08. The van der Waals surface area contributed by atoms with Gasteiger partial charge in [0.2, 0.25) is 5.88 Å². The molecule has 3 aromatic heterocycles. The van der Waals surface area contributed by atoms with Gasteiger partial charge in [-0.15, -0.1) is 0 Å². The predicted octanol–water partition coefficient (Wildman–Crippen LogP) is 3.54. The van der Waals surface area contributed by atoms with E-state index in [2.05, 4.69) is 31.6 Å². The second-order valence-corrected chi connectivity index (χ2v) is 10.2. The molecule has 0 spiro atoms. The molecule has 3 heterocycles. The summed E-state index contributed by atoms with van der Waals surface area (Å²) in [5, 5.41) is 15.1. The van der Waals surface area contributed by atoms with Crippen LogP contribution in [-0.4, -0.2) is 45.8 Å². The van der Waals surface area contributed by atoms with Crippen molar-refractivity contribution in [3.63, 3.8) is 0 Å². The fourth-order valence-corrected chi connectivity index (χ4v) is 5.21. The predicted molar refractivity (Wildman–Crippen MR) is 130 cm³/mol. The van der Waals surface area contributed by atoms with E-state index in [-0.39, 0.29) is 11.6 Å². The monoisotopic (exact) mass is 525 g/mol. The number of imidazole rings is 1. The molecule has 1 aliphatic carbocycles. The second kappa shape index (κ2) is 9.42. The largest absolute Gasteiger partial charge is 0.480 e. The topological polar surface area (TPSA) is 119 Å². The Labute approximate surface area is 211 Å². The van der Waals surface area contributed by atoms with Crippen LogP contribution >= 0.6 is 0 Å². The van der Waals surface area contributed by atoms with Crippen LogP contribution in [0.4, 0.5) is 14.5 Å². The number of halogens is 2. The number of aromatic nitrogens is 4. The van der Waals surface area contributed by atoms with E-state index in [1.807, 2.05) is 0 Å². The van der Waals surface area contributed by atoms with E-state index < -0.39 is 32.2 Å². The summed E-state index contributed by atoms with van der Waals surface area (Å²) in [5.41, 5.74) is 0.753. The summed E-state index contributed by atoms with van der Waals surface area (Å²) in [5.74, 6) is 3.70. The highest BCUT2D eigenvalue weighted by atomic mass is 32.2. The lowest BCUT2D eigenvalue weighted by Crippen LogP contribution is -2.20. The van der Waals surface area contributed by atoms with Crippen LogP contribution < -0.4 is 9.46 Å². The molecule has 0 atom stereocenters. The van der Waals surface area contributed by atoms with Crippen molar-refractivity contribution in [3.05, 3.63) is 66.1 Å². The minimum atomic E-state index is -4.44. The molecule has 2 N–H and O–H groups in total. The third kappa shape index (κ3) is 4.96. The summed E-state index contributed by atoms with van der Waals surface area (Å²) in [6, 6.07) is 6.97. The number of aliphatic hydroxyl groups is 1. The molecule has 1 aliphatic rings. The van der Waals surface area contributed by atoms with Gasteiger partial charge in [0.15, 0.2) is 5.65 Å². The number of hydrogen-bond donors (Lipinski definition) is 2. The molecule has 190 valence electrons. The van der Waals surface area contributed by atoms with Crippen molar-refractivity contribution >= 4 is 21.4 Å². The first kappa shape index (κ1) is 24.6. The number of fused-ring (bicyclic) bond motifs is 1. The van der Waals surface area contributed by atoms with E-state index in [1.165, 1.54) is 23.9 Å². The maximum absolute atomic E-state index is 14.2. The van der Waals surface area contributed by atoms with Crippen molar-refractivity contribution in [1.29, 1.82) is 0 Å². The minimum Gasteiger partial charge on any atom is -0.480 e.